The molecule has 30 heavy (non-hydrogen) atoms. The number of benzene rings is 4. The van der Waals surface area contributed by atoms with Crippen LogP contribution >= 0.6 is 0 Å². The van der Waals surface area contributed by atoms with E-state index in [1.165, 1.54) is 50.1 Å². The molecule has 142 valence electrons. The molecular weight excluding hydrogens is 364 g/mol. The minimum atomic E-state index is -0.201. The average Bonchev–Trinajstić information content (AvgIpc) is 3.42. The van der Waals surface area contributed by atoms with Crippen molar-refractivity contribution in [3.63, 3.8) is 0 Å². The maximum atomic E-state index is 5.63. The van der Waals surface area contributed by atoms with Crippen molar-refractivity contribution in [3.05, 3.63) is 124 Å². The standard InChI is InChI=1S/C29H20O/c1-30-19-15-14-18-16-24-22-10-4-7-13-27(22)29(28(24)23(18)17-19)25-11-5-2-8-20(25)21-9-3-6-12-26(21)29/h2-17,28H,1H3. The number of methoxy groups -OCH3 is 1. The Morgan fingerprint density at radius 2 is 1.23 bits per heavy atom. The van der Waals surface area contributed by atoms with Gasteiger partial charge in [-0.15, -0.1) is 0 Å². The highest BCUT2D eigenvalue weighted by Crippen LogP contribution is 2.69. The lowest BCUT2D eigenvalue weighted by atomic mass is 9.65. The van der Waals surface area contributed by atoms with Gasteiger partial charge >= 0.3 is 0 Å². The van der Waals surface area contributed by atoms with Crippen molar-refractivity contribution in [2.45, 2.75) is 11.3 Å². The van der Waals surface area contributed by atoms with Crippen molar-refractivity contribution >= 4 is 11.6 Å². The van der Waals surface area contributed by atoms with Crippen LogP contribution in [0.25, 0.3) is 22.8 Å². The summed E-state index contributed by atoms with van der Waals surface area (Å²) in [5.74, 6) is 1.18. The van der Waals surface area contributed by atoms with E-state index in [0.29, 0.717) is 0 Å². The van der Waals surface area contributed by atoms with E-state index in [2.05, 4.69) is 97.1 Å². The maximum absolute atomic E-state index is 5.63. The van der Waals surface area contributed by atoms with Gasteiger partial charge in [-0.25, -0.2) is 0 Å². The smallest absolute Gasteiger partial charge is 0.119 e. The van der Waals surface area contributed by atoms with Crippen molar-refractivity contribution in [2.75, 3.05) is 7.11 Å². The summed E-state index contributed by atoms with van der Waals surface area (Å²) < 4.78 is 5.63. The molecule has 4 aromatic carbocycles. The first kappa shape index (κ1) is 16.2. The van der Waals surface area contributed by atoms with Crippen LogP contribution in [0.1, 0.15) is 39.3 Å². The van der Waals surface area contributed by atoms with Crippen molar-refractivity contribution in [3.8, 4) is 16.9 Å². The molecule has 7 rings (SSSR count). The van der Waals surface area contributed by atoms with Crippen LogP contribution < -0.4 is 4.74 Å². The highest BCUT2D eigenvalue weighted by atomic mass is 16.5. The molecule has 3 aliphatic carbocycles. The fraction of sp³-hybridized carbons (Fsp3) is 0.103. The van der Waals surface area contributed by atoms with E-state index in [1.807, 2.05) is 0 Å². The van der Waals surface area contributed by atoms with Gasteiger partial charge in [0.15, 0.2) is 0 Å². The number of allylic oxidation sites excluding steroid dienone is 1. The Labute approximate surface area is 176 Å². The van der Waals surface area contributed by atoms with Gasteiger partial charge in [-0.2, -0.15) is 0 Å². The number of hydrogen-bond acceptors (Lipinski definition) is 1. The van der Waals surface area contributed by atoms with Crippen LogP contribution in [0.4, 0.5) is 0 Å². The Bertz CT molecular complexity index is 1350. The number of ether oxygens (including phenoxy) is 1. The lowest BCUT2D eigenvalue weighted by Gasteiger charge is -2.35. The molecule has 1 nitrogen and oxygen atoms in total. The van der Waals surface area contributed by atoms with Gasteiger partial charge in [0, 0.05) is 5.92 Å². The summed E-state index contributed by atoms with van der Waals surface area (Å²) in [6.45, 7) is 0. The van der Waals surface area contributed by atoms with Crippen LogP contribution in [0.15, 0.2) is 91.0 Å². The third kappa shape index (κ3) is 1.71. The van der Waals surface area contributed by atoms with E-state index in [9.17, 15) is 0 Å². The van der Waals surface area contributed by atoms with Crippen LogP contribution in [0.5, 0.6) is 5.75 Å². The van der Waals surface area contributed by atoms with Gasteiger partial charge in [0.2, 0.25) is 0 Å². The Morgan fingerprint density at radius 3 is 1.87 bits per heavy atom. The summed E-state index contributed by atoms with van der Waals surface area (Å²) in [7, 11) is 1.75. The summed E-state index contributed by atoms with van der Waals surface area (Å²) in [6, 6.07) is 33.5. The molecule has 0 aromatic heterocycles. The molecule has 0 fully saturated rings. The first-order chi connectivity index (χ1) is 14.8. The van der Waals surface area contributed by atoms with Gasteiger partial charge in [-0.3, -0.25) is 0 Å². The minimum Gasteiger partial charge on any atom is -0.497 e. The molecule has 1 spiro atoms. The van der Waals surface area contributed by atoms with E-state index in [-0.39, 0.29) is 11.3 Å². The molecular formula is C29H20O. The SMILES string of the molecule is COc1ccc2c(c1)C1C(=C2)c2ccccc2C12c1ccccc1-c1ccccc12. The molecule has 0 radical (unpaired) electrons. The lowest BCUT2D eigenvalue weighted by Crippen LogP contribution is -2.30. The summed E-state index contributed by atoms with van der Waals surface area (Å²) in [6.07, 6.45) is 2.40. The fourth-order valence-corrected chi connectivity index (χ4v) is 6.28. The molecule has 0 saturated heterocycles. The number of fused-ring (bicyclic) bond motifs is 12. The zero-order chi connectivity index (χ0) is 19.9. The second kappa shape index (κ2) is 5.52. The molecule has 0 aliphatic heterocycles. The molecule has 1 unspecified atom stereocenters. The van der Waals surface area contributed by atoms with Gasteiger partial charge in [0.1, 0.15) is 5.75 Å². The second-order valence-corrected chi connectivity index (χ2v) is 8.47. The van der Waals surface area contributed by atoms with Crippen LogP contribution in [-0.4, -0.2) is 7.11 Å². The third-order valence-corrected chi connectivity index (χ3v) is 7.32. The van der Waals surface area contributed by atoms with Crippen molar-refractivity contribution in [2.24, 2.45) is 0 Å². The number of rotatable bonds is 1. The minimum absolute atomic E-state index is 0.201. The summed E-state index contributed by atoms with van der Waals surface area (Å²) in [4.78, 5) is 0. The first-order valence-corrected chi connectivity index (χ1v) is 10.5. The topological polar surface area (TPSA) is 9.23 Å². The van der Waals surface area contributed by atoms with Crippen LogP contribution in [-0.2, 0) is 5.41 Å². The van der Waals surface area contributed by atoms with Gasteiger partial charge in [-0.05, 0) is 62.2 Å². The zero-order valence-corrected chi connectivity index (χ0v) is 16.7. The van der Waals surface area contributed by atoms with Gasteiger partial charge in [-0.1, -0.05) is 84.9 Å². The highest BCUT2D eigenvalue weighted by Gasteiger charge is 2.58. The maximum Gasteiger partial charge on any atom is 0.119 e. The van der Waals surface area contributed by atoms with E-state index in [1.54, 1.807) is 7.11 Å². The largest absolute Gasteiger partial charge is 0.497 e. The molecule has 0 N–H and O–H groups in total. The molecule has 4 aromatic rings. The highest BCUT2D eigenvalue weighted by molar-refractivity contribution is 6.02. The molecule has 1 atom stereocenters. The lowest BCUT2D eigenvalue weighted by molar-refractivity contribution is 0.413. The molecule has 0 saturated carbocycles. The van der Waals surface area contributed by atoms with Gasteiger partial charge < -0.3 is 4.74 Å². The fourth-order valence-electron chi connectivity index (χ4n) is 6.28. The summed E-state index contributed by atoms with van der Waals surface area (Å²) in [5.41, 5.74) is 12.3. The van der Waals surface area contributed by atoms with Crippen LogP contribution in [0.2, 0.25) is 0 Å². The average molecular weight is 384 g/mol. The molecule has 3 aliphatic rings. The van der Waals surface area contributed by atoms with Crippen LogP contribution in [0.3, 0.4) is 0 Å². The molecule has 0 amide bonds. The zero-order valence-electron chi connectivity index (χ0n) is 16.7. The van der Waals surface area contributed by atoms with Gasteiger partial charge in [0.05, 0.1) is 12.5 Å². The third-order valence-electron chi connectivity index (χ3n) is 7.32. The van der Waals surface area contributed by atoms with Crippen molar-refractivity contribution in [1.29, 1.82) is 0 Å². The second-order valence-electron chi connectivity index (χ2n) is 8.47. The Hall–Kier alpha value is -3.58. The van der Waals surface area contributed by atoms with Crippen molar-refractivity contribution < 1.29 is 4.74 Å². The van der Waals surface area contributed by atoms with E-state index >= 15 is 0 Å². The Balaban J connectivity index is 1.66. The van der Waals surface area contributed by atoms with E-state index < -0.39 is 0 Å². The predicted octanol–water partition coefficient (Wildman–Crippen LogP) is 6.66. The molecule has 0 heterocycles. The summed E-state index contributed by atoms with van der Waals surface area (Å²) in [5, 5.41) is 0. The normalized spacial score (nSPS) is 18.3. The van der Waals surface area contributed by atoms with E-state index in [4.69, 9.17) is 4.74 Å². The number of hydrogen-bond donors (Lipinski definition) is 0. The van der Waals surface area contributed by atoms with Gasteiger partial charge in [0.25, 0.3) is 0 Å². The predicted molar refractivity (Wildman–Crippen MR) is 122 cm³/mol. The molecule has 1 heteroatoms. The Morgan fingerprint density at radius 1 is 0.667 bits per heavy atom. The quantitative estimate of drug-likeness (QED) is 0.356. The van der Waals surface area contributed by atoms with Crippen molar-refractivity contribution in [1.82, 2.24) is 0 Å². The van der Waals surface area contributed by atoms with Crippen LogP contribution in [0, 0.1) is 0 Å². The molecule has 0 bridgehead atoms. The summed E-state index contributed by atoms with van der Waals surface area (Å²) >= 11 is 0. The monoisotopic (exact) mass is 384 g/mol. The Kier molecular flexibility index (Phi) is 2.99. The first-order valence-electron chi connectivity index (χ1n) is 10.5. The van der Waals surface area contributed by atoms with E-state index in [0.717, 1.165) is 5.75 Å².